The van der Waals surface area contributed by atoms with Crippen molar-refractivity contribution in [1.29, 1.82) is 0 Å². The number of Topliss-reactive ketones (excluding diaryl/α,β-unsaturated/α-hetero) is 1. The fraction of sp³-hybridized carbons (Fsp3) is 0.556. The maximum Gasteiger partial charge on any atom is 0.342 e. The molecule has 1 aromatic carbocycles. The number of benzene rings is 1. The van der Waals surface area contributed by atoms with Crippen LogP contribution in [0.3, 0.4) is 0 Å². The summed E-state index contributed by atoms with van der Waals surface area (Å²) < 4.78 is 5.82. The summed E-state index contributed by atoms with van der Waals surface area (Å²) in [5.41, 5.74) is 2.89. The van der Waals surface area contributed by atoms with Crippen LogP contribution in [0.1, 0.15) is 44.5 Å². The van der Waals surface area contributed by atoms with Crippen molar-refractivity contribution in [2.24, 2.45) is 34.5 Å². The normalized spacial score (nSPS) is 41.1. The third-order valence-corrected chi connectivity index (χ3v) is 9.69. The van der Waals surface area contributed by atoms with Crippen LogP contribution in [0, 0.1) is 34.5 Å². The summed E-state index contributed by atoms with van der Waals surface area (Å²) in [6, 6.07) is 4.62. The number of ether oxygens (including phenoxy) is 1. The molecule has 0 heterocycles. The molecule has 1 aromatic rings. The van der Waals surface area contributed by atoms with Crippen molar-refractivity contribution in [3.8, 4) is 0 Å². The summed E-state index contributed by atoms with van der Waals surface area (Å²) in [6.07, 6.45) is 1.04. The lowest BCUT2D eigenvalue weighted by Gasteiger charge is -2.48. The second-order valence-electron chi connectivity index (χ2n) is 11.4. The molecule has 8 heteroatoms. The zero-order chi connectivity index (χ0) is 25.7. The Balaban J connectivity index is 1.65. The van der Waals surface area contributed by atoms with Gasteiger partial charge in [0.2, 0.25) is 0 Å². The number of hydrogen-bond donors (Lipinski definition) is 4. The largest absolute Gasteiger partial charge is 0.451 e. The number of esters is 1. The lowest BCUT2D eigenvalue weighted by molar-refractivity contribution is -0.190. The molecule has 2 fully saturated rings. The number of nitrogens with two attached hydrogens (primary N) is 1. The van der Waals surface area contributed by atoms with Gasteiger partial charge in [0.05, 0.1) is 17.0 Å². The van der Waals surface area contributed by atoms with E-state index in [0.717, 1.165) is 0 Å². The van der Waals surface area contributed by atoms with Crippen molar-refractivity contribution < 1.29 is 29.6 Å². The molecule has 0 aliphatic heterocycles. The standard InChI is InChI=1S/C27H32ClNO6/c1-12-10-26-13(2)8-16-20(25(16,3)4)15(22(26)32)9-14(11-30)21(31)27(26,34)23(12)35-24(33)19-17(28)6-5-7-18(19)29/h5-7,9-10,13,15-16,20-21,23,30-31,34H,8,11,29H2,1-4H3/t13-,15+,16-,20+,21-,23+,26-,27+/m1/s1. The predicted molar refractivity (Wildman–Crippen MR) is 130 cm³/mol. The molecule has 188 valence electrons. The monoisotopic (exact) mass is 501 g/mol. The lowest BCUT2D eigenvalue weighted by atomic mass is 9.59. The summed E-state index contributed by atoms with van der Waals surface area (Å²) in [7, 11) is 0. The maximum absolute atomic E-state index is 14.3. The molecule has 35 heavy (non-hydrogen) atoms. The molecular weight excluding hydrogens is 470 g/mol. The molecule has 4 aliphatic carbocycles. The molecular formula is C27H32ClNO6. The number of hydrogen-bond acceptors (Lipinski definition) is 7. The molecule has 7 nitrogen and oxygen atoms in total. The van der Waals surface area contributed by atoms with E-state index in [2.05, 4.69) is 13.8 Å². The summed E-state index contributed by atoms with van der Waals surface area (Å²) >= 11 is 6.21. The number of rotatable bonds is 3. The first-order chi connectivity index (χ1) is 16.3. The highest BCUT2D eigenvalue weighted by molar-refractivity contribution is 6.34. The van der Waals surface area contributed by atoms with Gasteiger partial charge in [0.15, 0.2) is 17.5 Å². The zero-order valence-electron chi connectivity index (χ0n) is 20.3. The molecule has 2 saturated carbocycles. The van der Waals surface area contributed by atoms with Crippen molar-refractivity contribution in [3.63, 3.8) is 0 Å². The van der Waals surface area contributed by atoms with E-state index in [4.69, 9.17) is 22.1 Å². The molecule has 8 atom stereocenters. The van der Waals surface area contributed by atoms with E-state index in [1.807, 2.05) is 6.92 Å². The van der Waals surface area contributed by atoms with Gasteiger partial charge >= 0.3 is 5.97 Å². The predicted octanol–water partition coefficient (Wildman–Crippen LogP) is 2.92. The number of aliphatic hydroxyl groups is 3. The van der Waals surface area contributed by atoms with E-state index in [-0.39, 0.29) is 50.8 Å². The van der Waals surface area contributed by atoms with Gasteiger partial charge in [-0.25, -0.2) is 4.79 Å². The highest BCUT2D eigenvalue weighted by Gasteiger charge is 2.76. The summed E-state index contributed by atoms with van der Waals surface area (Å²) in [5.74, 6) is -1.67. The summed E-state index contributed by atoms with van der Waals surface area (Å²) in [6.45, 7) is 7.32. The van der Waals surface area contributed by atoms with Gasteiger partial charge in [-0.15, -0.1) is 0 Å². The van der Waals surface area contributed by atoms with Crippen LogP contribution >= 0.6 is 11.6 Å². The van der Waals surface area contributed by atoms with E-state index >= 15 is 0 Å². The van der Waals surface area contributed by atoms with Crippen LogP contribution < -0.4 is 5.73 Å². The Labute approximate surface area is 209 Å². The minimum absolute atomic E-state index is 0.0474. The smallest absolute Gasteiger partial charge is 0.342 e. The number of aliphatic hydroxyl groups excluding tert-OH is 2. The second-order valence-corrected chi connectivity index (χ2v) is 11.8. The van der Waals surface area contributed by atoms with Crippen LogP contribution in [0.4, 0.5) is 5.69 Å². The Morgan fingerprint density at radius 3 is 2.63 bits per heavy atom. The van der Waals surface area contributed by atoms with E-state index < -0.39 is 41.7 Å². The third-order valence-electron chi connectivity index (χ3n) is 9.37. The minimum atomic E-state index is -2.20. The Hall–Kier alpha value is -2.19. The molecule has 1 spiro atoms. The van der Waals surface area contributed by atoms with Gasteiger partial charge in [-0.2, -0.15) is 0 Å². The number of fused-ring (bicyclic) bond motifs is 3. The number of anilines is 1. The maximum atomic E-state index is 14.3. The van der Waals surface area contributed by atoms with Crippen LogP contribution in [0.15, 0.2) is 41.5 Å². The number of carbonyl (C=O) groups is 2. The Bertz CT molecular complexity index is 1170. The van der Waals surface area contributed by atoms with Crippen LogP contribution in [0.5, 0.6) is 0 Å². The van der Waals surface area contributed by atoms with Gasteiger partial charge in [-0.05, 0) is 59.8 Å². The molecule has 5 N–H and O–H groups in total. The van der Waals surface area contributed by atoms with Crippen molar-refractivity contribution in [2.75, 3.05) is 12.3 Å². The second kappa shape index (κ2) is 7.65. The fourth-order valence-electron chi connectivity index (χ4n) is 7.52. The molecule has 0 radical (unpaired) electrons. The average molecular weight is 502 g/mol. The molecule has 0 unspecified atom stereocenters. The van der Waals surface area contributed by atoms with E-state index in [1.54, 1.807) is 25.1 Å². The van der Waals surface area contributed by atoms with Crippen LogP contribution in [-0.2, 0) is 9.53 Å². The van der Waals surface area contributed by atoms with Gasteiger partial charge in [-0.1, -0.05) is 50.6 Å². The zero-order valence-corrected chi connectivity index (χ0v) is 21.0. The summed E-state index contributed by atoms with van der Waals surface area (Å²) in [5, 5.41) is 34.2. The number of nitrogen functional groups attached to an aromatic ring is 1. The summed E-state index contributed by atoms with van der Waals surface area (Å²) in [4.78, 5) is 27.6. The van der Waals surface area contributed by atoms with E-state index in [0.29, 0.717) is 12.0 Å². The number of allylic oxidation sites excluding steroid dienone is 1. The SMILES string of the molecule is CC1=C[C@@]23C(=O)[C@@H](C=C(CO)[C@@H](O)[C@]2(O)[C@H]1OC(=O)c1c(N)cccc1Cl)[C@H]1[C@@H](C[C@H]3C)C1(C)C. The van der Waals surface area contributed by atoms with Crippen molar-refractivity contribution in [3.05, 3.63) is 52.1 Å². The van der Waals surface area contributed by atoms with Crippen LogP contribution in [0.2, 0.25) is 5.02 Å². The molecule has 0 saturated heterocycles. The minimum Gasteiger partial charge on any atom is -0.451 e. The molecule has 5 rings (SSSR count). The number of ketones is 1. The van der Waals surface area contributed by atoms with Gasteiger partial charge in [0, 0.05) is 11.6 Å². The molecule has 0 aromatic heterocycles. The number of halogens is 1. The Morgan fingerprint density at radius 2 is 2.00 bits per heavy atom. The Kier molecular flexibility index (Phi) is 5.36. The quantitative estimate of drug-likeness (QED) is 0.284. The molecule has 0 amide bonds. The fourth-order valence-corrected chi connectivity index (χ4v) is 7.77. The van der Waals surface area contributed by atoms with Crippen LogP contribution in [0.25, 0.3) is 0 Å². The van der Waals surface area contributed by atoms with E-state index in [1.165, 1.54) is 12.1 Å². The first-order valence-corrected chi connectivity index (χ1v) is 12.4. The highest BCUT2D eigenvalue weighted by atomic mass is 35.5. The number of carbonyl (C=O) groups excluding carboxylic acids is 2. The molecule has 2 bridgehead atoms. The van der Waals surface area contributed by atoms with Crippen LogP contribution in [-0.4, -0.2) is 51.5 Å². The lowest BCUT2D eigenvalue weighted by Crippen LogP contribution is -2.65. The highest BCUT2D eigenvalue weighted by Crippen LogP contribution is 2.71. The topological polar surface area (TPSA) is 130 Å². The Morgan fingerprint density at radius 1 is 1.31 bits per heavy atom. The first-order valence-electron chi connectivity index (χ1n) is 12.0. The van der Waals surface area contributed by atoms with Crippen molar-refractivity contribution in [1.82, 2.24) is 0 Å². The van der Waals surface area contributed by atoms with Crippen molar-refractivity contribution in [2.45, 2.75) is 51.9 Å². The molecule has 4 aliphatic rings. The van der Waals surface area contributed by atoms with E-state index in [9.17, 15) is 24.9 Å². The first kappa shape index (κ1) is 24.5. The van der Waals surface area contributed by atoms with Gasteiger partial charge in [-0.3, -0.25) is 4.79 Å². The van der Waals surface area contributed by atoms with Crippen molar-refractivity contribution >= 4 is 29.0 Å². The third kappa shape index (κ3) is 2.95. The average Bonchev–Trinajstić information content (AvgIpc) is 3.27. The van der Waals surface area contributed by atoms with Gasteiger partial charge in [0.1, 0.15) is 11.7 Å². The van der Waals surface area contributed by atoms with Gasteiger partial charge in [0.25, 0.3) is 0 Å². The van der Waals surface area contributed by atoms with Gasteiger partial charge < -0.3 is 25.8 Å².